The summed E-state index contributed by atoms with van der Waals surface area (Å²) in [4.78, 5) is 0. The molecule has 3 aromatic carbocycles. The summed E-state index contributed by atoms with van der Waals surface area (Å²) in [5, 5.41) is 85.5. The van der Waals surface area contributed by atoms with Crippen LogP contribution in [0.5, 0.6) is 0 Å². The van der Waals surface area contributed by atoms with Crippen LogP contribution in [-0.4, -0.2) is 0 Å². The van der Waals surface area contributed by atoms with E-state index in [1.165, 1.54) is 54.6 Å². The molecule has 0 saturated heterocycles. The number of nitrogens with zero attached hydrogens (tertiary/aromatic N) is 9. The van der Waals surface area contributed by atoms with E-state index in [-0.39, 0.29) is 12.1 Å². The normalized spacial score (nSPS) is 11.8. The molecule has 0 heterocycles. The zero-order chi connectivity index (χ0) is 34.6. The van der Waals surface area contributed by atoms with E-state index in [1.807, 2.05) is 0 Å². The maximum Gasteiger partial charge on any atom is 0.417 e. The molecule has 0 spiro atoms. The molecule has 15 heteroatoms. The van der Waals surface area contributed by atoms with Gasteiger partial charge in [-0.25, -0.2) is 0 Å². The maximum absolute atomic E-state index is 14.1. The van der Waals surface area contributed by atoms with E-state index < -0.39 is 95.1 Å². The largest absolute Gasteiger partial charge is 0.417 e. The molecule has 216 valence electrons. The number of hydrogen-bond acceptors (Lipinski definition) is 9. The molecule has 0 bridgehead atoms. The predicted octanol–water partition coefficient (Wildman–Crippen LogP) is 4.27. The Morgan fingerprint density at radius 3 is 1.13 bits per heavy atom. The molecule has 9 nitrogen and oxygen atoms in total. The van der Waals surface area contributed by atoms with E-state index in [1.54, 1.807) is 0 Å². The van der Waals surface area contributed by atoms with Crippen molar-refractivity contribution in [3.05, 3.63) is 102 Å². The third kappa shape index (κ3) is 5.58. The van der Waals surface area contributed by atoms with Gasteiger partial charge in [-0.05, 0) is 30.3 Å². The number of rotatable bonds is 2. The summed E-state index contributed by atoms with van der Waals surface area (Å²) in [6.45, 7) is 0. The Balaban J connectivity index is 2.81. The van der Waals surface area contributed by atoms with Gasteiger partial charge in [0.2, 0.25) is 0 Å². The van der Waals surface area contributed by atoms with Gasteiger partial charge in [-0.15, -0.1) is 0 Å². The fourth-order valence-corrected chi connectivity index (χ4v) is 4.42. The molecule has 3 rings (SSSR count). The number of nitriles is 9. The first-order valence-corrected chi connectivity index (χ1v) is 11.8. The monoisotopic (exact) mass is 617 g/mol. The Hall–Kier alpha value is -7.61. The van der Waals surface area contributed by atoms with Crippen molar-refractivity contribution in [2.24, 2.45) is 0 Å². The first kappa shape index (κ1) is 32.9. The van der Waals surface area contributed by atoms with E-state index in [4.69, 9.17) is 0 Å². The first-order valence-electron chi connectivity index (χ1n) is 11.8. The zero-order valence-corrected chi connectivity index (χ0v) is 22.2. The average Bonchev–Trinajstić information content (AvgIpc) is 3.03. The number of halogens is 6. The Kier molecular flexibility index (Phi) is 8.81. The molecule has 0 aliphatic heterocycles. The quantitative estimate of drug-likeness (QED) is 0.375. The lowest BCUT2D eigenvalue weighted by Gasteiger charge is -2.15. The van der Waals surface area contributed by atoms with Crippen molar-refractivity contribution >= 4 is 11.1 Å². The third-order valence-corrected chi connectivity index (χ3v) is 6.36. The standard InChI is InChI=1S/C31H5F6N9/c32-30(33,34)27-4-17(8-40)15(6-38)1-21(27)23(11-43)20-3-19(10-42)29(26(14-46)24(20)12-44)25(13-45)22-2-16(7-39)18(9-41)5-28(22)31(35,36)37/h1-5H/b23-20+,29-25-. The van der Waals surface area contributed by atoms with Crippen molar-refractivity contribution in [2.45, 2.75) is 12.4 Å². The van der Waals surface area contributed by atoms with E-state index in [0.29, 0.717) is 18.2 Å². The molecule has 0 amide bonds. The molecular weight excluding hydrogens is 612 g/mol. The molecule has 0 saturated carbocycles. The molecule has 0 fully saturated rings. The lowest BCUT2D eigenvalue weighted by molar-refractivity contribution is -0.138. The Bertz CT molecular complexity index is 2390. The second-order valence-corrected chi connectivity index (χ2v) is 8.74. The van der Waals surface area contributed by atoms with Gasteiger partial charge in [0, 0.05) is 21.6 Å². The highest BCUT2D eigenvalue weighted by Crippen LogP contribution is 2.37. The number of benzene rings is 3. The van der Waals surface area contributed by atoms with Crippen molar-refractivity contribution < 1.29 is 26.3 Å². The molecule has 0 unspecified atom stereocenters. The van der Waals surface area contributed by atoms with E-state index in [0.717, 1.165) is 0 Å². The van der Waals surface area contributed by atoms with Gasteiger partial charge in [0.15, 0.2) is 0 Å². The topological polar surface area (TPSA) is 214 Å². The Labute approximate surface area is 253 Å². The molecule has 3 aromatic rings. The van der Waals surface area contributed by atoms with Crippen molar-refractivity contribution in [2.75, 3.05) is 0 Å². The van der Waals surface area contributed by atoms with Crippen LogP contribution in [0.4, 0.5) is 26.3 Å². The molecule has 46 heavy (non-hydrogen) atoms. The van der Waals surface area contributed by atoms with Crippen LogP contribution in [0, 0.1) is 102 Å². The SMILES string of the molecule is N#C/C(c1cc(C#N)c(C#N)cc1C(F)(F)F)=c1/cc(C#N)/c(=C(\C#N)c2cc(C#N)c(C#N)cc2C(F)(F)F)c(C#N)c1C#N. The second-order valence-electron chi connectivity index (χ2n) is 8.74. The second kappa shape index (κ2) is 12.3. The third-order valence-electron chi connectivity index (χ3n) is 6.36. The predicted molar refractivity (Wildman–Crippen MR) is 138 cm³/mol. The maximum atomic E-state index is 14.1. The van der Waals surface area contributed by atoms with Crippen LogP contribution in [0.1, 0.15) is 61.2 Å². The molecule has 0 aliphatic carbocycles. The van der Waals surface area contributed by atoms with Gasteiger partial charge in [0.05, 0.1) is 67.3 Å². The average molecular weight is 617 g/mol. The fourth-order valence-electron chi connectivity index (χ4n) is 4.42. The van der Waals surface area contributed by atoms with E-state index in [9.17, 15) is 73.7 Å². The van der Waals surface area contributed by atoms with Gasteiger partial charge in [-0.2, -0.15) is 73.7 Å². The van der Waals surface area contributed by atoms with Gasteiger partial charge in [-0.3, -0.25) is 0 Å². The summed E-state index contributed by atoms with van der Waals surface area (Å²) in [5.74, 6) is 0. The van der Waals surface area contributed by atoms with Gasteiger partial charge < -0.3 is 0 Å². The van der Waals surface area contributed by atoms with Crippen LogP contribution in [0.2, 0.25) is 0 Å². The van der Waals surface area contributed by atoms with Gasteiger partial charge in [0.1, 0.15) is 48.6 Å². The zero-order valence-electron chi connectivity index (χ0n) is 22.2. The highest BCUT2D eigenvalue weighted by Gasteiger charge is 2.37. The summed E-state index contributed by atoms with van der Waals surface area (Å²) in [6.07, 6.45) is -10.5. The molecule has 0 radical (unpaired) electrons. The lowest BCUT2D eigenvalue weighted by Crippen LogP contribution is -2.27. The van der Waals surface area contributed by atoms with Gasteiger partial charge in [-0.1, -0.05) is 0 Å². The Morgan fingerprint density at radius 1 is 0.435 bits per heavy atom. The van der Waals surface area contributed by atoms with Crippen molar-refractivity contribution in [1.82, 2.24) is 0 Å². The van der Waals surface area contributed by atoms with E-state index in [2.05, 4.69) is 0 Å². The smallest absolute Gasteiger partial charge is 0.192 e. The highest BCUT2D eigenvalue weighted by molar-refractivity contribution is 5.85. The minimum absolute atomic E-state index is 0.265. The first-order chi connectivity index (χ1) is 21.7. The van der Waals surface area contributed by atoms with Crippen molar-refractivity contribution in [3.8, 4) is 54.6 Å². The van der Waals surface area contributed by atoms with Crippen LogP contribution < -0.4 is 10.4 Å². The minimum atomic E-state index is -5.27. The summed E-state index contributed by atoms with van der Waals surface area (Å²) < 4.78 is 84.6. The summed E-state index contributed by atoms with van der Waals surface area (Å²) in [5.41, 5.74) is -12.8. The highest BCUT2D eigenvalue weighted by atomic mass is 19.4. The van der Waals surface area contributed by atoms with Crippen LogP contribution >= 0.6 is 0 Å². The van der Waals surface area contributed by atoms with Crippen molar-refractivity contribution in [3.63, 3.8) is 0 Å². The number of alkyl halides is 6. The summed E-state index contributed by atoms with van der Waals surface area (Å²) >= 11 is 0. The minimum Gasteiger partial charge on any atom is -0.192 e. The number of hydrogen-bond donors (Lipinski definition) is 0. The van der Waals surface area contributed by atoms with Gasteiger partial charge in [0.25, 0.3) is 0 Å². The van der Waals surface area contributed by atoms with Crippen LogP contribution in [0.15, 0.2) is 30.3 Å². The molecule has 0 aromatic heterocycles. The molecular formula is C31H5F6N9. The van der Waals surface area contributed by atoms with Gasteiger partial charge >= 0.3 is 12.4 Å². The van der Waals surface area contributed by atoms with Crippen molar-refractivity contribution in [1.29, 1.82) is 47.4 Å². The van der Waals surface area contributed by atoms with Crippen LogP contribution in [-0.2, 0) is 12.4 Å². The Morgan fingerprint density at radius 2 is 0.804 bits per heavy atom. The summed E-state index contributed by atoms with van der Waals surface area (Å²) in [6, 6.07) is 15.3. The molecule has 0 aliphatic rings. The molecule has 0 N–H and O–H groups in total. The summed E-state index contributed by atoms with van der Waals surface area (Å²) in [7, 11) is 0. The van der Waals surface area contributed by atoms with Crippen LogP contribution in [0.3, 0.4) is 0 Å². The lowest BCUT2D eigenvalue weighted by atomic mass is 9.87. The fraction of sp³-hybridized carbons (Fsp3) is 0.0645. The van der Waals surface area contributed by atoms with E-state index >= 15 is 0 Å². The van der Waals surface area contributed by atoms with Crippen LogP contribution in [0.25, 0.3) is 11.1 Å². The molecule has 0 atom stereocenters.